The van der Waals surface area contributed by atoms with Crippen LogP contribution in [0.1, 0.15) is 28.4 Å². The third kappa shape index (κ3) is 1.93. The van der Waals surface area contributed by atoms with Crippen molar-refractivity contribution in [1.82, 2.24) is 0 Å². The van der Waals surface area contributed by atoms with Gasteiger partial charge in [-0.15, -0.1) is 0 Å². The molecule has 1 aliphatic rings. The van der Waals surface area contributed by atoms with Crippen LogP contribution in [0.5, 0.6) is 0 Å². The van der Waals surface area contributed by atoms with Crippen molar-refractivity contribution in [2.24, 2.45) is 0 Å². The van der Waals surface area contributed by atoms with Crippen molar-refractivity contribution in [3.63, 3.8) is 0 Å². The Morgan fingerprint density at radius 3 is 2.76 bits per heavy atom. The van der Waals surface area contributed by atoms with E-state index < -0.39 is 5.97 Å². The molecule has 1 aromatic rings. The molecular weight excluding hydrogens is 218 g/mol. The van der Waals surface area contributed by atoms with Crippen LogP contribution in [0.15, 0.2) is 18.7 Å². The van der Waals surface area contributed by atoms with Gasteiger partial charge in [-0.3, -0.25) is 4.79 Å². The molecular formula is C13H13NO3. The molecule has 0 atom stereocenters. The molecule has 0 saturated heterocycles. The second kappa shape index (κ2) is 4.05. The fourth-order valence-electron chi connectivity index (χ4n) is 1.95. The zero-order chi connectivity index (χ0) is 12.6. The lowest BCUT2D eigenvalue weighted by Crippen LogP contribution is -2.04. The van der Waals surface area contributed by atoms with E-state index in [-0.39, 0.29) is 5.91 Å². The maximum atomic E-state index is 11.5. The van der Waals surface area contributed by atoms with Gasteiger partial charge < -0.3 is 10.1 Å². The topological polar surface area (TPSA) is 55.4 Å². The lowest BCUT2D eigenvalue weighted by atomic mass is 9.97. The number of hydrogen-bond donors (Lipinski definition) is 1. The van der Waals surface area contributed by atoms with Gasteiger partial charge in [0.2, 0.25) is 5.91 Å². The van der Waals surface area contributed by atoms with Crippen molar-refractivity contribution >= 4 is 23.1 Å². The molecule has 0 saturated carbocycles. The van der Waals surface area contributed by atoms with Crippen LogP contribution in [0.25, 0.3) is 5.57 Å². The molecule has 0 aromatic heterocycles. The summed E-state index contributed by atoms with van der Waals surface area (Å²) >= 11 is 0. The lowest BCUT2D eigenvalue weighted by molar-refractivity contribution is -0.115. The number of amides is 1. The molecule has 17 heavy (non-hydrogen) atoms. The largest absolute Gasteiger partial charge is 0.465 e. The third-order valence-electron chi connectivity index (χ3n) is 2.74. The zero-order valence-corrected chi connectivity index (χ0v) is 9.79. The number of fused-ring (bicyclic) bond motifs is 1. The normalized spacial score (nSPS) is 12.9. The van der Waals surface area contributed by atoms with Crippen molar-refractivity contribution in [2.75, 3.05) is 12.4 Å². The SMILES string of the molecule is C=C(C)c1cc(C(=O)OC)cc2c1CC(=O)N2. The Morgan fingerprint density at radius 1 is 1.47 bits per heavy atom. The molecule has 0 unspecified atom stereocenters. The molecule has 0 radical (unpaired) electrons. The Hall–Kier alpha value is -2.10. The van der Waals surface area contributed by atoms with E-state index in [1.54, 1.807) is 12.1 Å². The minimum Gasteiger partial charge on any atom is -0.465 e. The van der Waals surface area contributed by atoms with Crippen LogP contribution in [0, 0.1) is 0 Å². The van der Waals surface area contributed by atoms with E-state index in [0.717, 1.165) is 16.7 Å². The summed E-state index contributed by atoms with van der Waals surface area (Å²) in [6, 6.07) is 3.35. The lowest BCUT2D eigenvalue weighted by Gasteiger charge is -2.09. The van der Waals surface area contributed by atoms with E-state index in [9.17, 15) is 9.59 Å². The summed E-state index contributed by atoms with van der Waals surface area (Å²) in [5.41, 5.74) is 3.65. The summed E-state index contributed by atoms with van der Waals surface area (Å²) in [5, 5.41) is 2.72. The van der Waals surface area contributed by atoms with Crippen molar-refractivity contribution in [3.05, 3.63) is 35.4 Å². The molecule has 1 aliphatic heterocycles. The maximum Gasteiger partial charge on any atom is 0.337 e. The number of hydrogen-bond acceptors (Lipinski definition) is 3. The first kappa shape index (κ1) is 11.4. The fraction of sp³-hybridized carbons (Fsp3) is 0.231. The predicted molar refractivity (Wildman–Crippen MR) is 64.8 cm³/mol. The number of benzene rings is 1. The quantitative estimate of drug-likeness (QED) is 0.792. The van der Waals surface area contributed by atoms with Gasteiger partial charge >= 0.3 is 5.97 Å². The molecule has 4 nitrogen and oxygen atoms in total. The van der Waals surface area contributed by atoms with Gasteiger partial charge in [0.15, 0.2) is 0 Å². The monoisotopic (exact) mass is 231 g/mol. The number of ether oxygens (including phenoxy) is 1. The van der Waals surface area contributed by atoms with E-state index in [4.69, 9.17) is 0 Å². The highest BCUT2D eigenvalue weighted by atomic mass is 16.5. The van der Waals surface area contributed by atoms with Crippen LogP contribution in [-0.4, -0.2) is 19.0 Å². The maximum absolute atomic E-state index is 11.5. The van der Waals surface area contributed by atoms with Gasteiger partial charge in [-0.2, -0.15) is 0 Å². The Balaban J connectivity index is 2.59. The van der Waals surface area contributed by atoms with Crippen molar-refractivity contribution < 1.29 is 14.3 Å². The zero-order valence-electron chi connectivity index (χ0n) is 9.79. The molecule has 1 amide bonds. The van der Waals surface area contributed by atoms with Crippen LogP contribution in [0.2, 0.25) is 0 Å². The Kier molecular flexibility index (Phi) is 2.71. The number of esters is 1. The highest BCUT2D eigenvalue weighted by Crippen LogP contribution is 2.31. The van der Waals surface area contributed by atoms with Crippen LogP contribution in [-0.2, 0) is 16.0 Å². The third-order valence-corrected chi connectivity index (χ3v) is 2.74. The highest BCUT2D eigenvalue weighted by molar-refractivity contribution is 6.03. The van der Waals surface area contributed by atoms with Crippen molar-refractivity contribution in [3.8, 4) is 0 Å². The number of allylic oxidation sites excluding steroid dienone is 1. The summed E-state index contributed by atoms with van der Waals surface area (Å²) in [4.78, 5) is 22.9. The molecule has 2 rings (SSSR count). The molecule has 4 heteroatoms. The molecule has 0 spiro atoms. The van der Waals surface area contributed by atoms with Gasteiger partial charge in [0.1, 0.15) is 0 Å². The van der Waals surface area contributed by atoms with Crippen LogP contribution in [0.4, 0.5) is 5.69 Å². The summed E-state index contributed by atoms with van der Waals surface area (Å²) in [5.74, 6) is -0.485. The van der Waals surface area contributed by atoms with E-state index in [1.807, 2.05) is 6.92 Å². The smallest absolute Gasteiger partial charge is 0.337 e. The Labute approximate surface area is 99.3 Å². The van der Waals surface area contributed by atoms with Gasteiger partial charge in [0.25, 0.3) is 0 Å². The highest BCUT2D eigenvalue weighted by Gasteiger charge is 2.23. The van der Waals surface area contributed by atoms with E-state index in [0.29, 0.717) is 17.7 Å². The van der Waals surface area contributed by atoms with Gasteiger partial charge in [0, 0.05) is 5.69 Å². The summed E-state index contributed by atoms with van der Waals surface area (Å²) < 4.78 is 4.68. The Bertz CT molecular complexity index is 532. The van der Waals surface area contributed by atoms with Gasteiger partial charge in [-0.25, -0.2) is 4.79 Å². The van der Waals surface area contributed by atoms with Crippen LogP contribution >= 0.6 is 0 Å². The fourth-order valence-corrected chi connectivity index (χ4v) is 1.95. The summed E-state index contributed by atoms with van der Waals surface area (Å²) in [6.07, 6.45) is 0.332. The Morgan fingerprint density at radius 2 is 2.18 bits per heavy atom. The predicted octanol–water partition coefficient (Wildman–Crippen LogP) is 2.00. The van der Waals surface area contributed by atoms with E-state index in [2.05, 4.69) is 16.6 Å². The average molecular weight is 231 g/mol. The number of nitrogens with one attached hydrogen (secondary N) is 1. The molecule has 0 aliphatic carbocycles. The molecule has 1 N–H and O–H groups in total. The number of methoxy groups -OCH3 is 1. The average Bonchev–Trinajstić information content (AvgIpc) is 2.66. The number of rotatable bonds is 2. The van der Waals surface area contributed by atoms with Gasteiger partial charge in [-0.05, 0) is 30.2 Å². The van der Waals surface area contributed by atoms with Gasteiger partial charge in [0.05, 0.1) is 19.1 Å². The minimum atomic E-state index is -0.420. The molecule has 0 fully saturated rings. The minimum absolute atomic E-state index is 0.0653. The van der Waals surface area contributed by atoms with E-state index in [1.165, 1.54) is 7.11 Å². The molecule has 1 aromatic carbocycles. The number of carbonyl (C=O) groups is 2. The van der Waals surface area contributed by atoms with Crippen LogP contribution in [0.3, 0.4) is 0 Å². The summed E-state index contributed by atoms with van der Waals surface area (Å²) in [6.45, 7) is 5.71. The van der Waals surface area contributed by atoms with Crippen molar-refractivity contribution in [1.29, 1.82) is 0 Å². The molecule has 88 valence electrons. The number of carbonyl (C=O) groups excluding carboxylic acids is 2. The first-order chi connectivity index (χ1) is 8.02. The standard InChI is InChI=1S/C13H13NO3/c1-7(2)9-4-8(13(16)17-3)5-11-10(9)6-12(15)14-11/h4-5H,1,6H2,2-3H3,(H,14,15). The molecule has 0 bridgehead atoms. The summed E-state index contributed by atoms with van der Waals surface area (Å²) in [7, 11) is 1.33. The first-order valence-corrected chi connectivity index (χ1v) is 5.24. The number of anilines is 1. The van der Waals surface area contributed by atoms with Crippen LogP contribution < -0.4 is 5.32 Å². The first-order valence-electron chi connectivity index (χ1n) is 5.24. The second-order valence-corrected chi connectivity index (χ2v) is 4.05. The van der Waals surface area contributed by atoms with Gasteiger partial charge in [-0.1, -0.05) is 12.2 Å². The van der Waals surface area contributed by atoms with Crippen molar-refractivity contribution in [2.45, 2.75) is 13.3 Å². The molecule has 1 heterocycles. The second-order valence-electron chi connectivity index (χ2n) is 4.05. The van der Waals surface area contributed by atoms with E-state index >= 15 is 0 Å².